The Morgan fingerprint density at radius 1 is 1.07 bits per heavy atom. The molecule has 74 valence electrons. The fourth-order valence-corrected chi connectivity index (χ4v) is 2.40. The van der Waals surface area contributed by atoms with Crippen LogP contribution in [0.1, 0.15) is 0 Å². The zero-order chi connectivity index (χ0) is 10.3. The Kier molecular flexibility index (Phi) is 1.82. The van der Waals surface area contributed by atoms with Gasteiger partial charge in [-0.05, 0) is 30.0 Å². The van der Waals surface area contributed by atoms with E-state index in [4.69, 9.17) is 4.74 Å². The van der Waals surface area contributed by atoms with Crippen molar-refractivity contribution in [2.75, 3.05) is 0 Å². The lowest BCUT2D eigenvalue weighted by Gasteiger charge is -2.17. The maximum atomic E-state index is 11.5. The molecule has 0 amide bonds. The largest absolute Gasteiger partial charge is 0.618 e. The van der Waals surface area contributed by atoms with Gasteiger partial charge in [0.1, 0.15) is 5.75 Å². The van der Waals surface area contributed by atoms with Crippen LogP contribution in [0.4, 0.5) is 0 Å². The van der Waals surface area contributed by atoms with Gasteiger partial charge >= 0.3 is 0 Å². The zero-order valence-electron chi connectivity index (χ0n) is 7.71. The number of hydrogen-bond donors (Lipinski definition) is 0. The molecule has 1 aliphatic heterocycles. The fraction of sp³-hybridized carbons (Fsp3) is 0. The minimum atomic E-state index is 0.594. The highest BCUT2D eigenvalue weighted by atomic mass is 32.2. The standard InChI is InChI=1S/C11H7NO2S/c13-12-7-3-5-9-11(12)15-10-6-2-1-4-8(10)14-9/h1-7H. The minimum Gasteiger partial charge on any atom is -0.618 e. The van der Waals surface area contributed by atoms with Gasteiger partial charge in [0.05, 0.1) is 4.90 Å². The van der Waals surface area contributed by atoms with E-state index in [9.17, 15) is 5.21 Å². The third-order valence-corrected chi connectivity index (χ3v) is 3.29. The molecule has 1 aliphatic rings. The molecule has 0 aliphatic carbocycles. The number of hydrogen-bond acceptors (Lipinski definition) is 3. The fourth-order valence-electron chi connectivity index (χ4n) is 1.47. The van der Waals surface area contributed by atoms with Crippen LogP contribution in [0.25, 0.3) is 0 Å². The summed E-state index contributed by atoms with van der Waals surface area (Å²) >= 11 is 1.43. The van der Waals surface area contributed by atoms with Crippen LogP contribution < -0.4 is 9.47 Å². The molecule has 4 heteroatoms. The lowest BCUT2D eigenvalue weighted by atomic mass is 10.3. The Morgan fingerprint density at radius 3 is 2.80 bits per heavy atom. The maximum Gasteiger partial charge on any atom is 0.299 e. The second kappa shape index (κ2) is 3.17. The van der Waals surface area contributed by atoms with Crippen LogP contribution in [0.5, 0.6) is 11.5 Å². The highest BCUT2D eigenvalue weighted by Crippen LogP contribution is 2.44. The molecule has 0 saturated carbocycles. The molecular weight excluding hydrogens is 210 g/mol. The minimum absolute atomic E-state index is 0.594. The summed E-state index contributed by atoms with van der Waals surface area (Å²) in [5, 5.41) is 12.1. The first kappa shape index (κ1) is 8.61. The van der Waals surface area contributed by atoms with E-state index in [-0.39, 0.29) is 0 Å². The van der Waals surface area contributed by atoms with Crippen LogP contribution in [-0.2, 0) is 0 Å². The van der Waals surface area contributed by atoms with Crippen molar-refractivity contribution >= 4 is 11.8 Å². The number of aromatic nitrogens is 1. The van der Waals surface area contributed by atoms with Crippen molar-refractivity contribution in [2.45, 2.75) is 9.92 Å². The molecule has 0 spiro atoms. The van der Waals surface area contributed by atoms with E-state index in [1.807, 2.05) is 24.3 Å². The van der Waals surface area contributed by atoms with Gasteiger partial charge in [-0.1, -0.05) is 12.1 Å². The Bertz CT molecular complexity index is 528. The number of nitrogens with zero attached hydrogens (tertiary/aromatic N) is 1. The van der Waals surface area contributed by atoms with E-state index in [2.05, 4.69) is 0 Å². The number of rotatable bonds is 0. The van der Waals surface area contributed by atoms with Gasteiger partial charge < -0.3 is 9.94 Å². The summed E-state index contributed by atoms with van der Waals surface area (Å²) in [6, 6.07) is 11.2. The van der Waals surface area contributed by atoms with Gasteiger partial charge in [0.2, 0.25) is 5.75 Å². The van der Waals surface area contributed by atoms with Crippen molar-refractivity contribution in [2.24, 2.45) is 0 Å². The van der Waals surface area contributed by atoms with E-state index >= 15 is 0 Å². The molecule has 2 aromatic rings. The van der Waals surface area contributed by atoms with Crippen LogP contribution in [0, 0.1) is 5.21 Å². The number of benzene rings is 1. The molecule has 0 radical (unpaired) electrons. The van der Waals surface area contributed by atoms with Crippen molar-refractivity contribution in [3.8, 4) is 11.5 Å². The predicted octanol–water partition coefficient (Wildman–Crippen LogP) is 2.58. The van der Waals surface area contributed by atoms with Gasteiger partial charge in [0.25, 0.3) is 5.03 Å². The number of pyridine rings is 1. The predicted molar refractivity (Wildman–Crippen MR) is 56.0 cm³/mol. The second-order valence-corrected chi connectivity index (χ2v) is 4.18. The first-order chi connectivity index (χ1) is 7.34. The second-order valence-electron chi connectivity index (χ2n) is 3.15. The molecule has 1 aromatic heterocycles. The van der Waals surface area contributed by atoms with E-state index in [0.717, 1.165) is 15.4 Å². The number of ether oxygens (including phenoxy) is 1. The maximum absolute atomic E-state index is 11.5. The Morgan fingerprint density at radius 2 is 1.87 bits per heavy atom. The van der Waals surface area contributed by atoms with Crippen LogP contribution in [0.2, 0.25) is 0 Å². The normalized spacial score (nSPS) is 12.5. The average Bonchev–Trinajstić information content (AvgIpc) is 2.27. The molecule has 3 rings (SSSR count). The van der Waals surface area contributed by atoms with Gasteiger partial charge in [-0.2, -0.15) is 4.73 Å². The molecule has 15 heavy (non-hydrogen) atoms. The lowest BCUT2D eigenvalue weighted by Crippen LogP contribution is -2.29. The van der Waals surface area contributed by atoms with Gasteiger partial charge in [-0.25, -0.2) is 0 Å². The Hall–Kier alpha value is -1.68. The van der Waals surface area contributed by atoms with Crippen molar-refractivity contribution in [3.63, 3.8) is 0 Å². The quantitative estimate of drug-likeness (QED) is 0.429. The van der Waals surface area contributed by atoms with Gasteiger partial charge in [-0.15, -0.1) is 0 Å². The van der Waals surface area contributed by atoms with E-state index in [1.165, 1.54) is 18.0 Å². The van der Waals surface area contributed by atoms with Gasteiger partial charge in [0.15, 0.2) is 6.20 Å². The molecule has 0 fully saturated rings. The molecule has 2 heterocycles. The molecule has 0 bridgehead atoms. The SMILES string of the molecule is [O-][n+]1cccc2c1Sc1ccccc1O2. The number of fused-ring (bicyclic) bond motifs is 2. The number of para-hydroxylation sites is 1. The molecular formula is C11H7NO2S. The lowest BCUT2D eigenvalue weighted by molar-refractivity contribution is -0.646. The molecule has 0 N–H and O–H groups in total. The first-order valence-electron chi connectivity index (χ1n) is 4.51. The third-order valence-electron chi connectivity index (χ3n) is 2.16. The van der Waals surface area contributed by atoms with Crippen LogP contribution >= 0.6 is 11.8 Å². The van der Waals surface area contributed by atoms with Crippen molar-refractivity contribution in [1.82, 2.24) is 0 Å². The molecule has 0 saturated heterocycles. The summed E-state index contributed by atoms with van der Waals surface area (Å²) in [4.78, 5) is 0.973. The summed E-state index contributed by atoms with van der Waals surface area (Å²) in [6.07, 6.45) is 1.48. The monoisotopic (exact) mass is 217 g/mol. The molecule has 0 atom stereocenters. The first-order valence-corrected chi connectivity index (χ1v) is 5.33. The van der Waals surface area contributed by atoms with Crippen LogP contribution in [-0.4, -0.2) is 0 Å². The molecule has 1 aromatic carbocycles. The van der Waals surface area contributed by atoms with Crippen LogP contribution in [0.15, 0.2) is 52.5 Å². The summed E-state index contributed by atoms with van der Waals surface area (Å²) in [6.45, 7) is 0. The Labute approximate surface area is 90.9 Å². The van der Waals surface area contributed by atoms with E-state index < -0.39 is 0 Å². The average molecular weight is 217 g/mol. The highest BCUT2D eigenvalue weighted by Gasteiger charge is 2.23. The van der Waals surface area contributed by atoms with Crippen molar-refractivity contribution in [3.05, 3.63) is 47.8 Å². The summed E-state index contributed by atoms with van der Waals surface area (Å²) in [7, 11) is 0. The molecule has 3 nitrogen and oxygen atoms in total. The molecule has 0 unspecified atom stereocenters. The topological polar surface area (TPSA) is 36.2 Å². The summed E-state index contributed by atoms with van der Waals surface area (Å²) in [5.74, 6) is 1.43. The summed E-state index contributed by atoms with van der Waals surface area (Å²) < 4.78 is 6.45. The van der Waals surface area contributed by atoms with E-state index in [1.54, 1.807) is 12.1 Å². The highest BCUT2D eigenvalue weighted by molar-refractivity contribution is 7.99. The smallest absolute Gasteiger partial charge is 0.299 e. The van der Waals surface area contributed by atoms with Crippen molar-refractivity contribution in [1.29, 1.82) is 0 Å². The van der Waals surface area contributed by atoms with Gasteiger partial charge in [0, 0.05) is 6.07 Å². The van der Waals surface area contributed by atoms with Crippen molar-refractivity contribution < 1.29 is 9.47 Å². The summed E-state index contributed by atoms with van der Waals surface area (Å²) in [5.41, 5.74) is 0. The zero-order valence-corrected chi connectivity index (χ0v) is 8.53. The Balaban J connectivity index is 2.15. The third kappa shape index (κ3) is 1.34. The van der Waals surface area contributed by atoms with E-state index in [0.29, 0.717) is 10.8 Å². The van der Waals surface area contributed by atoms with Crippen LogP contribution in [0.3, 0.4) is 0 Å². The van der Waals surface area contributed by atoms with Gasteiger partial charge in [-0.3, -0.25) is 0 Å².